The Hall–Kier alpha value is -3.67. The number of carbonyl (C=O) groups is 1. The Morgan fingerprint density at radius 2 is 2.08 bits per heavy atom. The lowest BCUT2D eigenvalue weighted by Crippen LogP contribution is -2.38. The normalized spacial score (nSPS) is 24.7. The topological polar surface area (TPSA) is 134 Å². The highest BCUT2D eigenvalue weighted by atomic mass is 19.1. The molecule has 0 spiro atoms. The number of halogens is 1. The molecule has 4 atom stereocenters. The van der Waals surface area contributed by atoms with Crippen LogP contribution in [0.1, 0.15) is 42.8 Å². The van der Waals surface area contributed by atoms with E-state index in [1.807, 2.05) is 13.0 Å². The first kappa shape index (κ1) is 25.0. The summed E-state index contributed by atoms with van der Waals surface area (Å²) in [5, 5.41) is 17.8. The maximum atomic E-state index is 15.0. The zero-order chi connectivity index (χ0) is 26.2. The van der Waals surface area contributed by atoms with Gasteiger partial charge < -0.3 is 19.3 Å². The Kier molecular flexibility index (Phi) is 6.76. The van der Waals surface area contributed by atoms with Crippen LogP contribution in [0.3, 0.4) is 0 Å². The van der Waals surface area contributed by atoms with Gasteiger partial charge in [-0.3, -0.25) is 0 Å². The number of carboxylic acids is 1. The average molecular weight is 513 g/mol. The number of methoxy groups -OCH3 is 1. The lowest BCUT2D eigenvalue weighted by molar-refractivity contribution is -0.153. The molecule has 0 saturated heterocycles. The standard InChI is InChI=1S/C25H29FN6O5/c1-14-21(37-17-10-15-6-8-25(26,23(33)34)18(15)11-17)5-4-19(28-14)22-20(32(2)31-30-22)13-36-24-27-9-7-16(29-24)12-35-3/h4-5,7,9,15,17-18H,6,8,10-13H2,1-3H3,(H,33,34)/t15-,17+,18+,25-/m0/s1. The summed E-state index contributed by atoms with van der Waals surface area (Å²) in [7, 11) is 3.36. The summed E-state index contributed by atoms with van der Waals surface area (Å²) in [5.74, 6) is -1.26. The van der Waals surface area contributed by atoms with Gasteiger partial charge in [0.25, 0.3) is 0 Å². The van der Waals surface area contributed by atoms with Gasteiger partial charge >= 0.3 is 12.0 Å². The maximum Gasteiger partial charge on any atom is 0.341 e. The molecule has 5 rings (SSSR count). The minimum Gasteiger partial charge on any atom is -0.489 e. The van der Waals surface area contributed by atoms with Gasteiger partial charge in [-0.1, -0.05) is 5.21 Å². The summed E-state index contributed by atoms with van der Waals surface area (Å²) in [6.07, 6.45) is 3.04. The predicted molar refractivity (Wildman–Crippen MR) is 127 cm³/mol. The number of ether oxygens (including phenoxy) is 3. The van der Waals surface area contributed by atoms with Gasteiger partial charge in [0.1, 0.15) is 23.7 Å². The molecule has 2 saturated carbocycles. The van der Waals surface area contributed by atoms with Crippen LogP contribution < -0.4 is 9.47 Å². The minimum atomic E-state index is -2.15. The number of pyridine rings is 1. The molecule has 12 heteroatoms. The average Bonchev–Trinajstić information content (AvgIpc) is 3.54. The van der Waals surface area contributed by atoms with Crippen LogP contribution in [0.2, 0.25) is 0 Å². The summed E-state index contributed by atoms with van der Waals surface area (Å²) >= 11 is 0. The molecule has 3 aromatic heterocycles. The highest BCUT2D eigenvalue weighted by Crippen LogP contribution is 2.52. The number of carboxylic acid groups (broad SMARTS) is 1. The Morgan fingerprint density at radius 1 is 1.24 bits per heavy atom. The van der Waals surface area contributed by atoms with Crippen molar-refractivity contribution in [1.82, 2.24) is 29.9 Å². The number of aromatic nitrogens is 6. The second kappa shape index (κ2) is 10.0. The molecule has 37 heavy (non-hydrogen) atoms. The Balaban J connectivity index is 1.28. The molecule has 1 N–H and O–H groups in total. The van der Waals surface area contributed by atoms with Crippen LogP contribution in [-0.4, -0.2) is 59.9 Å². The summed E-state index contributed by atoms with van der Waals surface area (Å²) in [4.78, 5) is 24.6. The molecule has 0 aliphatic heterocycles. The summed E-state index contributed by atoms with van der Waals surface area (Å²) in [6.45, 7) is 2.31. The number of hydrogen-bond donors (Lipinski definition) is 1. The highest BCUT2D eigenvalue weighted by Gasteiger charge is 2.58. The molecule has 2 aliphatic carbocycles. The van der Waals surface area contributed by atoms with Crippen LogP contribution in [0.5, 0.6) is 11.8 Å². The van der Waals surface area contributed by atoms with Gasteiger partial charge in [0.2, 0.25) is 5.67 Å². The molecule has 0 unspecified atom stereocenters. The van der Waals surface area contributed by atoms with E-state index in [2.05, 4.69) is 25.3 Å². The molecule has 2 aliphatic rings. The van der Waals surface area contributed by atoms with Crippen LogP contribution in [0, 0.1) is 18.8 Å². The first-order chi connectivity index (χ1) is 17.8. The molecule has 0 aromatic carbocycles. The van der Waals surface area contributed by atoms with E-state index in [0.717, 1.165) is 0 Å². The maximum absolute atomic E-state index is 15.0. The van der Waals surface area contributed by atoms with Crippen molar-refractivity contribution in [3.8, 4) is 23.1 Å². The first-order valence-electron chi connectivity index (χ1n) is 12.2. The van der Waals surface area contributed by atoms with E-state index in [9.17, 15) is 14.3 Å². The second-order valence-electron chi connectivity index (χ2n) is 9.62. The van der Waals surface area contributed by atoms with E-state index in [0.29, 0.717) is 60.1 Å². The Labute approximate surface area is 213 Å². The van der Waals surface area contributed by atoms with Crippen LogP contribution >= 0.6 is 0 Å². The number of rotatable bonds is 9. The summed E-state index contributed by atoms with van der Waals surface area (Å²) < 4.78 is 33.6. The molecule has 0 bridgehead atoms. The third kappa shape index (κ3) is 4.85. The number of aryl methyl sites for hydroxylation is 2. The smallest absolute Gasteiger partial charge is 0.341 e. The largest absolute Gasteiger partial charge is 0.489 e. The lowest BCUT2D eigenvalue weighted by atomic mass is 9.89. The molecule has 11 nitrogen and oxygen atoms in total. The number of fused-ring (bicyclic) bond motifs is 1. The van der Waals surface area contributed by atoms with Gasteiger partial charge in [-0.2, -0.15) is 4.98 Å². The van der Waals surface area contributed by atoms with Crippen molar-refractivity contribution in [1.29, 1.82) is 0 Å². The number of nitrogens with zero attached hydrogens (tertiary/aromatic N) is 6. The second-order valence-corrected chi connectivity index (χ2v) is 9.62. The van der Waals surface area contributed by atoms with Crippen LogP contribution in [0.15, 0.2) is 24.4 Å². The van der Waals surface area contributed by atoms with E-state index in [1.165, 1.54) is 0 Å². The third-order valence-corrected chi connectivity index (χ3v) is 7.31. The monoisotopic (exact) mass is 512 g/mol. The molecule has 0 amide bonds. The quantitative estimate of drug-likeness (QED) is 0.456. The van der Waals surface area contributed by atoms with Gasteiger partial charge in [0.15, 0.2) is 0 Å². The third-order valence-electron chi connectivity index (χ3n) is 7.31. The van der Waals surface area contributed by atoms with Crippen molar-refractivity contribution in [2.75, 3.05) is 7.11 Å². The van der Waals surface area contributed by atoms with E-state index >= 15 is 0 Å². The molecule has 0 radical (unpaired) electrons. The zero-order valence-electron chi connectivity index (χ0n) is 20.9. The fourth-order valence-electron chi connectivity index (χ4n) is 5.42. The number of hydrogen-bond acceptors (Lipinski definition) is 9. The van der Waals surface area contributed by atoms with Crippen molar-refractivity contribution in [2.45, 2.75) is 57.6 Å². The molecule has 3 heterocycles. The number of aliphatic carboxylic acids is 1. The molecule has 2 fully saturated rings. The molecular weight excluding hydrogens is 483 g/mol. The zero-order valence-corrected chi connectivity index (χ0v) is 20.9. The van der Waals surface area contributed by atoms with Crippen molar-refractivity contribution >= 4 is 5.97 Å². The lowest BCUT2D eigenvalue weighted by Gasteiger charge is -2.22. The van der Waals surface area contributed by atoms with Gasteiger partial charge in [-0.15, -0.1) is 5.10 Å². The fraction of sp³-hybridized carbons (Fsp3) is 0.520. The van der Waals surface area contributed by atoms with Crippen molar-refractivity contribution < 1.29 is 28.5 Å². The van der Waals surface area contributed by atoms with Gasteiger partial charge in [0.05, 0.1) is 29.8 Å². The van der Waals surface area contributed by atoms with Gasteiger partial charge in [-0.25, -0.2) is 23.8 Å². The SMILES string of the molecule is COCc1ccnc(OCc2c(-c3ccc(O[C@@H]4C[C@@H]5CC[C@@](F)(C(=O)O)[C@@H]5C4)c(C)n3)nnn2C)n1. The van der Waals surface area contributed by atoms with Crippen LogP contribution in [0.25, 0.3) is 11.4 Å². The van der Waals surface area contributed by atoms with Crippen LogP contribution in [-0.2, 0) is 29.8 Å². The summed E-state index contributed by atoms with van der Waals surface area (Å²) in [5.41, 5.74) is 1.05. The van der Waals surface area contributed by atoms with Gasteiger partial charge in [-0.05, 0) is 56.7 Å². The van der Waals surface area contributed by atoms with Crippen molar-refractivity contribution in [2.24, 2.45) is 18.9 Å². The Morgan fingerprint density at radius 3 is 2.84 bits per heavy atom. The van der Waals surface area contributed by atoms with Gasteiger partial charge in [0, 0.05) is 26.3 Å². The van der Waals surface area contributed by atoms with E-state index < -0.39 is 17.6 Å². The molecule has 3 aromatic rings. The van der Waals surface area contributed by atoms with E-state index in [-0.39, 0.29) is 31.1 Å². The Bertz CT molecular complexity index is 1300. The number of alkyl halides is 1. The van der Waals surface area contributed by atoms with Crippen LogP contribution in [0.4, 0.5) is 4.39 Å². The molecule has 196 valence electrons. The van der Waals surface area contributed by atoms with Crippen molar-refractivity contribution in [3.05, 3.63) is 41.5 Å². The van der Waals surface area contributed by atoms with E-state index in [4.69, 9.17) is 14.2 Å². The van der Waals surface area contributed by atoms with E-state index in [1.54, 1.807) is 37.2 Å². The fourth-order valence-corrected chi connectivity index (χ4v) is 5.42. The first-order valence-corrected chi connectivity index (χ1v) is 12.2. The highest BCUT2D eigenvalue weighted by molar-refractivity contribution is 5.78. The van der Waals surface area contributed by atoms with Crippen molar-refractivity contribution in [3.63, 3.8) is 0 Å². The summed E-state index contributed by atoms with van der Waals surface area (Å²) in [6, 6.07) is 5.57. The minimum absolute atomic E-state index is 0.0277. The molecular formula is C25H29FN6O5. The predicted octanol–water partition coefficient (Wildman–Crippen LogP) is 3.06.